The summed E-state index contributed by atoms with van der Waals surface area (Å²) in [7, 11) is -3.51. The van der Waals surface area contributed by atoms with Gasteiger partial charge >= 0.3 is 0 Å². The van der Waals surface area contributed by atoms with E-state index >= 15 is 0 Å². The Balaban J connectivity index is 1.56. The fraction of sp³-hybridized carbons (Fsp3) is 0.650. The van der Waals surface area contributed by atoms with Crippen molar-refractivity contribution in [3.05, 3.63) is 24.3 Å². The van der Waals surface area contributed by atoms with Gasteiger partial charge in [-0.25, -0.2) is 8.42 Å². The number of morpholine rings is 1. The minimum Gasteiger partial charge on any atom is -0.379 e. The Morgan fingerprint density at radius 1 is 1.11 bits per heavy atom. The van der Waals surface area contributed by atoms with Crippen molar-refractivity contribution in [2.75, 3.05) is 31.6 Å². The molecular weight excluding hydrogens is 378 g/mol. The van der Waals surface area contributed by atoms with E-state index in [1.54, 1.807) is 24.3 Å². The zero-order valence-electron chi connectivity index (χ0n) is 16.6. The number of nitrogens with two attached hydrogens (primary N) is 1. The van der Waals surface area contributed by atoms with Crippen molar-refractivity contribution in [1.29, 1.82) is 0 Å². The van der Waals surface area contributed by atoms with Crippen LogP contribution in [-0.4, -0.2) is 57.0 Å². The SMILES string of the molecule is C[C@H]([NH2+]C1CCCCCC1)C(=O)Nc1ccc(S(=O)(=O)N2CCOCC2)cc1. The molecule has 1 heterocycles. The maximum atomic E-state index is 12.7. The van der Waals surface area contributed by atoms with Crippen LogP contribution in [0.25, 0.3) is 0 Å². The van der Waals surface area contributed by atoms with E-state index < -0.39 is 10.0 Å². The summed E-state index contributed by atoms with van der Waals surface area (Å²) in [5, 5.41) is 5.08. The Hall–Kier alpha value is -1.48. The molecule has 8 heteroatoms. The zero-order chi connectivity index (χ0) is 20.0. The molecule has 0 radical (unpaired) electrons. The summed E-state index contributed by atoms with van der Waals surface area (Å²) in [5.41, 5.74) is 0.618. The van der Waals surface area contributed by atoms with Crippen LogP contribution in [-0.2, 0) is 19.6 Å². The first-order valence-electron chi connectivity index (χ1n) is 10.3. The van der Waals surface area contributed by atoms with Gasteiger partial charge in [0.05, 0.1) is 24.2 Å². The number of quaternary nitrogens is 1. The highest BCUT2D eigenvalue weighted by Crippen LogP contribution is 2.19. The number of carbonyl (C=O) groups is 1. The van der Waals surface area contributed by atoms with Crippen LogP contribution in [0.3, 0.4) is 0 Å². The highest BCUT2D eigenvalue weighted by Gasteiger charge is 2.26. The minimum atomic E-state index is -3.51. The third-order valence-corrected chi connectivity index (χ3v) is 7.52. The summed E-state index contributed by atoms with van der Waals surface area (Å²) in [4.78, 5) is 12.8. The maximum absolute atomic E-state index is 12.7. The van der Waals surface area contributed by atoms with Crippen LogP contribution in [0.2, 0.25) is 0 Å². The van der Waals surface area contributed by atoms with Crippen LogP contribution < -0.4 is 10.6 Å². The molecule has 7 nitrogen and oxygen atoms in total. The number of hydrogen-bond donors (Lipinski definition) is 2. The quantitative estimate of drug-likeness (QED) is 0.692. The summed E-state index contributed by atoms with van der Waals surface area (Å²) in [6.45, 7) is 3.51. The molecule has 2 fully saturated rings. The van der Waals surface area contributed by atoms with Crippen molar-refractivity contribution >= 4 is 21.6 Å². The molecule has 1 aliphatic carbocycles. The van der Waals surface area contributed by atoms with E-state index in [1.165, 1.54) is 42.8 Å². The number of nitrogens with one attached hydrogen (secondary N) is 1. The molecule has 3 N–H and O–H groups in total. The third kappa shape index (κ3) is 5.53. The predicted octanol–water partition coefficient (Wildman–Crippen LogP) is 1.32. The standard InChI is InChI=1S/C20H31N3O4S/c1-16(21-17-6-4-2-3-5-7-17)20(24)22-18-8-10-19(11-9-18)28(25,26)23-12-14-27-15-13-23/h8-11,16-17,21H,2-7,12-15H2,1H3,(H,22,24)/p+1/t16-/m0/s1. The van der Waals surface area contributed by atoms with Crippen molar-refractivity contribution in [2.24, 2.45) is 0 Å². The number of ether oxygens (including phenoxy) is 1. The Morgan fingerprint density at radius 2 is 1.71 bits per heavy atom. The number of carbonyl (C=O) groups excluding carboxylic acids is 1. The summed E-state index contributed by atoms with van der Waals surface area (Å²) in [6.07, 6.45) is 7.43. The molecule has 28 heavy (non-hydrogen) atoms. The average Bonchev–Trinajstić information content (AvgIpc) is 2.97. The number of rotatable bonds is 6. The van der Waals surface area contributed by atoms with Crippen molar-refractivity contribution in [2.45, 2.75) is 62.4 Å². The van der Waals surface area contributed by atoms with Gasteiger partial charge in [-0.3, -0.25) is 4.79 Å². The number of sulfonamides is 1. The second kappa shape index (κ2) is 9.82. The number of hydrogen-bond acceptors (Lipinski definition) is 4. The van der Waals surface area contributed by atoms with Crippen LogP contribution in [0.1, 0.15) is 45.4 Å². The van der Waals surface area contributed by atoms with E-state index in [2.05, 4.69) is 10.6 Å². The van der Waals surface area contributed by atoms with Crippen LogP contribution >= 0.6 is 0 Å². The van der Waals surface area contributed by atoms with Gasteiger partial charge in [0.25, 0.3) is 5.91 Å². The molecule has 1 aliphatic heterocycles. The van der Waals surface area contributed by atoms with Crippen LogP contribution in [0.5, 0.6) is 0 Å². The summed E-state index contributed by atoms with van der Waals surface area (Å²) >= 11 is 0. The van der Waals surface area contributed by atoms with E-state index in [4.69, 9.17) is 4.74 Å². The number of benzene rings is 1. The van der Waals surface area contributed by atoms with Crippen LogP contribution in [0.4, 0.5) is 5.69 Å². The van der Waals surface area contributed by atoms with Gasteiger partial charge in [0.1, 0.15) is 0 Å². The fourth-order valence-electron chi connectivity index (χ4n) is 3.90. The van der Waals surface area contributed by atoms with E-state index in [9.17, 15) is 13.2 Å². The van der Waals surface area contributed by atoms with Gasteiger partial charge in [-0.2, -0.15) is 4.31 Å². The predicted molar refractivity (Wildman–Crippen MR) is 108 cm³/mol. The van der Waals surface area contributed by atoms with Gasteiger partial charge in [0.2, 0.25) is 10.0 Å². The van der Waals surface area contributed by atoms with E-state index in [1.807, 2.05) is 6.92 Å². The molecule has 1 saturated carbocycles. The molecule has 1 atom stereocenters. The van der Waals surface area contributed by atoms with Crippen LogP contribution in [0, 0.1) is 0 Å². The molecule has 0 aromatic heterocycles. The lowest BCUT2D eigenvalue weighted by Gasteiger charge is -2.26. The van der Waals surface area contributed by atoms with Gasteiger partial charge in [0.15, 0.2) is 6.04 Å². The van der Waals surface area contributed by atoms with Gasteiger partial charge in [0, 0.05) is 18.8 Å². The topological polar surface area (TPSA) is 92.3 Å². The molecule has 0 spiro atoms. The smallest absolute Gasteiger partial charge is 0.282 e. The minimum absolute atomic E-state index is 0.0481. The van der Waals surface area contributed by atoms with E-state index in [-0.39, 0.29) is 16.8 Å². The maximum Gasteiger partial charge on any atom is 0.282 e. The molecule has 0 unspecified atom stereocenters. The van der Waals surface area contributed by atoms with E-state index in [0.29, 0.717) is 38.0 Å². The third-order valence-electron chi connectivity index (χ3n) is 5.60. The van der Waals surface area contributed by atoms with Gasteiger partial charge < -0.3 is 15.4 Å². The van der Waals surface area contributed by atoms with Crippen molar-refractivity contribution < 1.29 is 23.3 Å². The molecular formula is C20H32N3O4S+. The molecule has 1 saturated heterocycles. The second-order valence-corrected chi connectivity index (χ2v) is 9.70. The van der Waals surface area contributed by atoms with E-state index in [0.717, 1.165) is 0 Å². The van der Waals surface area contributed by atoms with Crippen LogP contribution in [0.15, 0.2) is 29.2 Å². The molecule has 3 rings (SSSR count). The first-order chi connectivity index (χ1) is 13.5. The zero-order valence-corrected chi connectivity index (χ0v) is 17.4. The summed E-state index contributed by atoms with van der Waals surface area (Å²) in [5.74, 6) is -0.0481. The molecule has 1 aromatic carbocycles. The molecule has 2 aliphatic rings. The lowest BCUT2D eigenvalue weighted by atomic mass is 10.1. The molecule has 1 aromatic rings. The highest BCUT2D eigenvalue weighted by atomic mass is 32.2. The number of nitrogens with zero attached hydrogens (tertiary/aromatic N) is 1. The lowest BCUT2D eigenvalue weighted by molar-refractivity contribution is -0.707. The first kappa shape index (κ1) is 21.2. The van der Waals surface area contributed by atoms with Gasteiger partial charge in [-0.05, 0) is 56.9 Å². The van der Waals surface area contributed by atoms with Crippen molar-refractivity contribution in [1.82, 2.24) is 4.31 Å². The number of anilines is 1. The largest absolute Gasteiger partial charge is 0.379 e. The van der Waals surface area contributed by atoms with Crippen molar-refractivity contribution in [3.63, 3.8) is 0 Å². The summed E-state index contributed by atoms with van der Waals surface area (Å²) in [6, 6.07) is 6.78. The van der Waals surface area contributed by atoms with Gasteiger partial charge in [-0.15, -0.1) is 0 Å². The van der Waals surface area contributed by atoms with Gasteiger partial charge in [-0.1, -0.05) is 12.8 Å². The highest BCUT2D eigenvalue weighted by molar-refractivity contribution is 7.89. The lowest BCUT2D eigenvalue weighted by Crippen LogP contribution is -2.96. The average molecular weight is 411 g/mol. The normalized spacial score (nSPS) is 21.0. The monoisotopic (exact) mass is 410 g/mol. The molecule has 1 amide bonds. The number of amides is 1. The Kier molecular flexibility index (Phi) is 7.45. The Labute approximate surface area is 167 Å². The fourth-order valence-corrected chi connectivity index (χ4v) is 5.31. The first-order valence-corrected chi connectivity index (χ1v) is 11.7. The second-order valence-electron chi connectivity index (χ2n) is 7.76. The summed E-state index contributed by atoms with van der Waals surface area (Å²) < 4.78 is 32.0. The molecule has 156 valence electrons. The van der Waals surface area contributed by atoms with Crippen molar-refractivity contribution in [3.8, 4) is 0 Å². The molecule has 0 bridgehead atoms. The Bertz CT molecular complexity index is 737. The Morgan fingerprint density at radius 3 is 2.32 bits per heavy atom.